The summed E-state index contributed by atoms with van der Waals surface area (Å²) in [6.45, 7) is 3.84. The maximum Gasteiger partial charge on any atom is 0.338 e. The van der Waals surface area contributed by atoms with Gasteiger partial charge in [-0.1, -0.05) is 19.1 Å². The fraction of sp³-hybridized carbons (Fsp3) is 0.333. The molecule has 0 bridgehead atoms. The molecule has 0 saturated carbocycles. The van der Waals surface area contributed by atoms with Gasteiger partial charge in [0.05, 0.1) is 18.2 Å². The normalized spacial score (nSPS) is 18.0. The van der Waals surface area contributed by atoms with Crippen LogP contribution in [-0.4, -0.2) is 18.6 Å². The molecule has 2 rings (SSSR count). The van der Waals surface area contributed by atoms with Crippen LogP contribution in [0.4, 0.5) is 9.18 Å². The number of halogens is 1. The van der Waals surface area contributed by atoms with Crippen molar-refractivity contribution in [1.82, 2.24) is 10.6 Å². The molecular formula is C15H17FN2O3. The molecule has 0 aromatic heterocycles. The summed E-state index contributed by atoms with van der Waals surface area (Å²) in [6, 6.07) is 4.58. The Hall–Kier alpha value is -2.37. The number of nitrogens with one attached hydrogen (secondary N) is 2. The minimum atomic E-state index is -0.649. The molecule has 1 atom stereocenters. The summed E-state index contributed by atoms with van der Waals surface area (Å²) >= 11 is 0. The zero-order valence-corrected chi connectivity index (χ0v) is 11.9. The molecule has 0 unspecified atom stereocenters. The number of urea groups is 1. The van der Waals surface area contributed by atoms with Gasteiger partial charge in [-0.15, -0.1) is 0 Å². The van der Waals surface area contributed by atoms with Crippen LogP contribution in [0.5, 0.6) is 0 Å². The Labute approximate surface area is 122 Å². The molecule has 1 aliphatic heterocycles. The number of hydrogen-bond acceptors (Lipinski definition) is 3. The minimum Gasteiger partial charge on any atom is -0.462 e. The predicted octanol–water partition coefficient (Wildman–Crippen LogP) is 2.41. The Kier molecular flexibility index (Phi) is 4.57. The predicted molar refractivity (Wildman–Crippen MR) is 74.8 cm³/mol. The first-order valence-electron chi connectivity index (χ1n) is 6.73. The second kappa shape index (κ2) is 6.39. The standard InChI is InChI=1S/C15H17FN2O3/c1-3-8-21-14(19)12-9(2)17-15(20)18-13(12)10-4-6-11(16)7-5-10/h4-7,13H,3,8H2,1-2H3,(H2,17,18,20)/t13-/m1/s1. The molecule has 2 N–H and O–H groups in total. The first-order chi connectivity index (χ1) is 10.0. The molecule has 1 heterocycles. The van der Waals surface area contributed by atoms with Gasteiger partial charge in [-0.3, -0.25) is 0 Å². The van der Waals surface area contributed by atoms with Gasteiger partial charge in [0.15, 0.2) is 0 Å². The van der Waals surface area contributed by atoms with Crippen molar-refractivity contribution >= 4 is 12.0 Å². The van der Waals surface area contributed by atoms with Gasteiger partial charge < -0.3 is 15.4 Å². The number of esters is 1. The SMILES string of the molecule is CCCOC(=O)C1=C(C)NC(=O)N[C@@H]1c1ccc(F)cc1. The topological polar surface area (TPSA) is 67.4 Å². The molecule has 0 aliphatic carbocycles. The summed E-state index contributed by atoms with van der Waals surface area (Å²) in [6.07, 6.45) is 0.707. The third-order valence-electron chi connectivity index (χ3n) is 3.13. The molecule has 0 spiro atoms. The van der Waals surface area contributed by atoms with Crippen LogP contribution >= 0.6 is 0 Å². The van der Waals surface area contributed by atoms with Crippen LogP contribution in [0.3, 0.4) is 0 Å². The van der Waals surface area contributed by atoms with Crippen molar-refractivity contribution in [3.63, 3.8) is 0 Å². The van der Waals surface area contributed by atoms with Gasteiger partial charge in [-0.2, -0.15) is 0 Å². The van der Waals surface area contributed by atoms with Gasteiger partial charge in [0, 0.05) is 5.70 Å². The molecule has 6 heteroatoms. The number of hydrogen-bond donors (Lipinski definition) is 2. The van der Waals surface area contributed by atoms with Gasteiger partial charge in [-0.25, -0.2) is 14.0 Å². The largest absolute Gasteiger partial charge is 0.462 e. The zero-order chi connectivity index (χ0) is 15.4. The maximum absolute atomic E-state index is 13.0. The Morgan fingerprint density at radius 3 is 2.62 bits per heavy atom. The lowest BCUT2D eigenvalue weighted by Gasteiger charge is -2.28. The number of rotatable bonds is 4. The molecule has 1 aliphatic rings. The Bertz CT molecular complexity index is 581. The van der Waals surface area contributed by atoms with Gasteiger partial charge in [0.1, 0.15) is 5.82 Å². The molecule has 1 aromatic carbocycles. The van der Waals surface area contributed by atoms with E-state index in [0.717, 1.165) is 0 Å². The second-order valence-electron chi connectivity index (χ2n) is 4.76. The zero-order valence-electron chi connectivity index (χ0n) is 11.9. The number of carbonyl (C=O) groups is 2. The fourth-order valence-electron chi connectivity index (χ4n) is 2.14. The van der Waals surface area contributed by atoms with E-state index in [1.165, 1.54) is 24.3 Å². The van der Waals surface area contributed by atoms with Gasteiger partial charge >= 0.3 is 12.0 Å². The quantitative estimate of drug-likeness (QED) is 0.837. The van der Waals surface area contributed by atoms with E-state index < -0.39 is 18.0 Å². The van der Waals surface area contributed by atoms with E-state index in [9.17, 15) is 14.0 Å². The summed E-state index contributed by atoms with van der Waals surface area (Å²) in [4.78, 5) is 23.8. The van der Waals surface area contributed by atoms with Gasteiger partial charge in [0.25, 0.3) is 0 Å². The summed E-state index contributed by atoms with van der Waals surface area (Å²) in [5.74, 6) is -0.869. The van der Waals surface area contributed by atoms with Crippen LogP contribution in [0.15, 0.2) is 35.5 Å². The van der Waals surface area contributed by atoms with Crippen LogP contribution in [0.2, 0.25) is 0 Å². The lowest BCUT2D eigenvalue weighted by atomic mass is 9.95. The van der Waals surface area contributed by atoms with Crippen LogP contribution in [0, 0.1) is 5.82 Å². The Balaban J connectivity index is 2.35. The lowest BCUT2D eigenvalue weighted by molar-refractivity contribution is -0.139. The first-order valence-corrected chi connectivity index (χ1v) is 6.73. The summed E-state index contributed by atoms with van der Waals surface area (Å²) < 4.78 is 18.2. The summed E-state index contributed by atoms with van der Waals surface area (Å²) in [5.41, 5.74) is 1.39. The van der Waals surface area contributed by atoms with Crippen LogP contribution in [0.25, 0.3) is 0 Å². The van der Waals surface area contributed by atoms with E-state index >= 15 is 0 Å². The summed E-state index contributed by atoms with van der Waals surface area (Å²) in [5, 5.41) is 5.21. The number of carbonyl (C=O) groups excluding carboxylic acids is 2. The van der Waals surface area contributed by atoms with Crippen molar-refractivity contribution in [1.29, 1.82) is 0 Å². The minimum absolute atomic E-state index is 0.305. The highest BCUT2D eigenvalue weighted by Gasteiger charge is 2.32. The molecule has 21 heavy (non-hydrogen) atoms. The van der Waals surface area contributed by atoms with Gasteiger partial charge in [-0.05, 0) is 31.0 Å². The van der Waals surface area contributed by atoms with Crippen LogP contribution in [-0.2, 0) is 9.53 Å². The van der Waals surface area contributed by atoms with Crippen molar-refractivity contribution < 1.29 is 18.7 Å². The van der Waals surface area contributed by atoms with Crippen molar-refractivity contribution in [2.75, 3.05) is 6.61 Å². The molecule has 0 saturated heterocycles. The summed E-state index contributed by atoms with van der Waals surface area (Å²) in [7, 11) is 0. The van der Waals surface area contributed by atoms with E-state index in [2.05, 4.69) is 10.6 Å². The van der Waals surface area contributed by atoms with E-state index in [1.807, 2.05) is 6.92 Å². The third kappa shape index (κ3) is 3.39. The maximum atomic E-state index is 13.0. The average Bonchev–Trinajstić information content (AvgIpc) is 2.44. The van der Waals surface area contributed by atoms with E-state index in [1.54, 1.807) is 6.92 Å². The Morgan fingerprint density at radius 2 is 2.00 bits per heavy atom. The average molecular weight is 292 g/mol. The fourth-order valence-corrected chi connectivity index (χ4v) is 2.14. The number of benzene rings is 1. The van der Waals surface area contributed by atoms with E-state index in [4.69, 9.17) is 4.74 Å². The highest BCUT2D eigenvalue weighted by molar-refractivity contribution is 5.95. The van der Waals surface area contributed by atoms with Crippen molar-refractivity contribution in [2.24, 2.45) is 0 Å². The van der Waals surface area contributed by atoms with E-state index in [0.29, 0.717) is 29.9 Å². The second-order valence-corrected chi connectivity index (χ2v) is 4.76. The molecule has 0 fully saturated rings. The number of allylic oxidation sites excluding steroid dienone is 1. The van der Waals surface area contributed by atoms with E-state index in [-0.39, 0.29) is 5.82 Å². The highest BCUT2D eigenvalue weighted by Crippen LogP contribution is 2.27. The monoisotopic (exact) mass is 292 g/mol. The van der Waals surface area contributed by atoms with Crippen molar-refractivity contribution in [2.45, 2.75) is 26.3 Å². The van der Waals surface area contributed by atoms with Crippen molar-refractivity contribution in [3.05, 3.63) is 46.9 Å². The lowest BCUT2D eigenvalue weighted by Crippen LogP contribution is -2.45. The van der Waals surface area contributed by atoms with Crippen LogP contribution in [0.1, 0.15) is 31.9 Å². The third-order valence-corrected chi connectivity index (χ3v) is 3.13. The highest BCUT2D eigenvalue weighted by atomic mass is 19.1. The number of amides is 2. The molecule has 0 radical (unpaired) electrons. The van der Waals surface area contributed by atoms with Gasteiger partial charge in [0.2, 0.25) is 0 Å². The van der Waals surface area contributed by atoms with Crippen molar-refractivity contribution in [3.8, 4) is 0 Å². The molecular weight excluding hydrogens is 275 g/mol. The Morgan fingerprint density at radius 1 is 1.33 bits per heavy atom. The molecule has 5 nitrogen and oxygen atoms in total. The molecule has 2 amide bonds. The van der Waals surface area contributed by atoms with Crippen LogP contribution < -0.4 is 10.6 Å². The smallest absolute Gasteiger partial charge is 0.338 e. The molecule has 112 valence electrons. The molecule has 1 aromatic rings. The number of ether oxygens (including phenoxy) is 1. The first kappa shape index (κ1) is 15.0.